The minimum Gasteiger partial charge on any atom is -0.490 e. The van der Waals surface area contributed by atoms with Gasteiger partial charge in [0.25, 0.3) is 5.91 Å². The molecule has 11 heteroatoms. The number of rotatable bonds is 9. The van der Waals surface area contributed by atoms with Crippen molar-refractivity contribution in [3.8, 4) is 5.75 Å². The number of hydrogen-bond donors (Lipinski definition) is 1. The number of benzene rings is 4. The van der Waals surface area contributed by atoms with Crippen LogP contribution in [0.2, 0.25) is 10.0 Å². The van der Waals surface area contributed by atoms with E-state index in [9.17, 15) is 23.1 Å². The van der Waals surface area contributed by atoms with Gasteiger partial charge in [0, 0.05) is 28.2 Å². The van der Waals surface area contributed by atoms with E-state index >= 15 is 0 Å². The van der Waals surface area contributed by atoms with Crippen LogP contribution in [0, 0.1) is 0 Å². The third-order valence-corrected chi connectivity index (χ3v) is 9.67. The molecule has 3 atom stereocenters. The van der Waals surface area contributed by atoms with E-state index in [1.165, 1.54) is 6.07 Å². The predicted molar refractivity (Wildman–Crippen MR) is 190 cm³/mol. The van der Waals surface area contributed by atoms with Gasteiger partial charge in [-0.25, -0.2) is 0 Å². The second-order valence-electron chi connectivity index (χ2n) is 13.0. The highest BCUT2D eigenvalue weighted by Gasteiger charge is 2.44. The largest absolute Gasteiger partial charge is 0.490 e. The molecule has 1 amide bonds. The summed E-state index contributed by atoms with van der Waals surface area (Å²) in [5.41, 5.74) is 2.26. The van der Waals surface area contributed by atoms with Crippen molar-refractivity contribution in [1.82, 2.24) is 9.80 Å². The van der Waals surface area contributed by atoms with Gasteiger partial charge in [-0.05, 0) is 105 Å². The highest BCUT2D eigenvalue weighted by atomic mass is 35.5. The number of nitrogens with zero attached hydrogens (tertiary/aromatic N) is 3. The molecule has 6 rings (SSSR count). The molecule has 0 radical (unpaired) electrons. The Balaban J connectivity index is 1.47. The van der Waals surface area contributed by atoms with Gasteiger partial charge in [-0.1, -0.05) is 66.0 Å². The standard InChI is InChI=1S/C39H38Cl2F3N3O3/c1-24(2)50-34-21-29(39(42,43)44)14-19-33(34)37-45-35(26-10-15-30(40)16-11-26)36(27-12-17-31(41)18-13-27)47(37)38(49)28-8-6-25(7-9-28)22-46-20-4-3-5-32(46)23-48/h6-19,21,24,32,35-36,48H,3-5,20,22-23H2,1-2H3. The molecule has 1 fully saturated rings. The number of carbonyl (C=O) groups is 1. The molecule has 2 aliphatic heterocycles. The van der Waals surface area contributed by atoms with Gasteiger partial charge in [0.15, 0.2) is 0 Å². The van der Waals surface area contributed by atoms with Crippen LogP contribution in [-0.4, -0.2) is 51.9 Å². The summed E-state index contributed by atoms with van der Waals surface area (Å²) in [6.07, 6.45) is -1.97. The summed E-state index contributed by atoms with van der Waals surface area (Å²) in [7, 11) is 0. The lowest BCUT2D eigenvalue weighted by Crippen LogP contribution is -2.41. The Morgan fingerprint density at radius 3 is 2.16 bits per heavy atom. The van der Waals surface area contributed by atoms with E-state index in [4.69, 9.17) is 32.9 Å². The topological polar surface area (TPSA) is 65.4 Å². The second-order valence-corrected chi connectivity index (χ2v) is 13.9. The van der Waals surface area contributed by atoms with Crippen LogP contribution in [0.25, 0.3) is 0 Å². The normalized spacial score (nSPS) is 19.9. The number of carbonyl (C=O) groups excluding carboxylic acids is 1. The number of aliphatic hydroxyl groups excluding tert-OH is 1. The van der Waals surface area contributed by atoms with Gasteiger partial charge in [-0.15, -0.1) is 0 Å². The molecule has 0 saturated carbocycles. The van der Waals surface area contributed by atoms with Crippen molar-refractivity contribution in [3.63, 3.8) is 0 Å². The van der Waals surface area contributed by atoms with Crippen LogP contribution in [0.15, 0.2) is 96.0 Å². The van der Waals surface area contributed by atoms with Crippen molar-refractivity contribution < 1.29 is 27.8 Å². The van der Waals surface area contributed by atoms with Crippen LogP contribution in [0.1, 0.15) is 83.4 Å². The molecular formula is C39H38Cl2F3N3O3. The first-order chi connectivity index (χ1) is 23.9. The Hall–Kier alpha value is -3.89. The third-order valence-electron chi connectivity index (χ3n) is 9.17. The number of alkyl halides is 3. The molecule has 0 aromatic heterocycles. The molecule has 262 valence electrons. The van der Waals surface area contributed by atoms with E-state index in [2.05, 4.69) is 4.90 Å². The Bertz CT molecular complexity index is 1830. The van der Waals surface area contributed by atoms with Gasteiger partial charge >= 0.3 is 6.18 Å². The number of amides is 1. The van der Waals surface area contributed by atoms with Gasteiger partial charge in [0.1, 0.15) is 17.6 Å². The van der Waals surface area contributed by atoms with Crippen LogP contribution in [0.5, 0.6) is 5.75 Å². The Morgan fingerprint density at radius 1 is 0.920 bits per heavy atom. The first kappa shape index (κ1) is 35.9. The lowest BCUT2D eigenvalue weighted by molar-refractivity contribution is -0.137. The molecule has 2 heterocycles. The van der Waals surface area contributed by atoms with Crippen molar-refractivity contribution in [2.45, 2.75) is 70.1 Å². The molecule has 1 N–H and O–H groups in total. The fraction of sp³-hybridized carbons (Fsp3) is 0.333. The molecule has 0 bridgehead atoms. The predicted octanol–water partition coefficient (Wildman–Crippen LogP) is 9.53. The Morgan fingerprint density at radius 2 is 1.56 bits per heavy atom. The highest BCUT2D eigenvalue weighted by Crippen LogP contribution is 2.46. The van der Waals surface area contributed by atoms with Crippen LogP contribution < -0.4 is 4.74 Å². The number of ether oxygens (including phenoxy) is 1. The maximum Gasteiger partial charge on any atom is 0.416 e. The fourth-order valence-corrected chi connectivity index (χ4v) is 6.96. The van der Waals surface area contributed by atoms with E-state index in [1.807, 2.05) is 36.4 Å². The summed E-state index contributed by atoms with van der Waals surface area (Å²) in [5, 5.41) is 10.9. The van der Waals surface area contributed by atoms with E-state index in [-0.39, 0.29) is 35.7 Å². The fourth-order valence-electron chi connectivity index (χ4n) is 6.70. The minimum atomic E-state index is -4.61. The summed E-state index contributed by atoms with van der Waals surface area (Å²) in [6.45, 7) is 5.09. The average molecular weight is 725 g/mol. The van der Waals surface area contributed by atoms with Crippen LogP contribution in [0.4, 0.5) is 13.2 Å². The van der Waals surface area contributed by atoms with Gasteiger partial charge in [-0.3, -0.25) is 19.6 Å². The first-order valence-corrected chi connectivity index (χ1v) is 17.4. The van der Waals surface area contributed by atoms with Gasteiger partial charge in [0.2, 0.25) is 0 Å². The zero-order chi connectivity index (χ0) is 35.6. The molecule has 3 unspecified atom stereocenters. The smallest absolute Gasteiger partial charge is 0.416 e. The maximum atomic E-state index is 14.8. The summed E-state index contributed by atoms with van der Waals surface area (Å²) < 4.78 is 47.7. The van der Waals surface area contributed by atoms with Gasteiger partial charge in [-0.2, -0.15) is 13.2 Å². The second kappa shape index (κ2) is 15.2. The zero-order valence-corrected chi connectivity index (χ0v) is 29.2. The van der Waals surface area contributed by atoms with E-state index in [1.54, 1.807) is 55.1 Å². The van der Waals surface area contributed by atoms with Crippen molar-refractivity contribution in [2.24, 2.45) is 4.99 Å². The molecule has 4 aromatic rings. The van der Waals surface area contributed by atoms with E-state index in [0.29, 0.717) is 22.2 Å². The Labute approximate surface area is 300 Å². The quantitative estimate of drug-likeness (QED) is 0.187. The average Bonchev–Trinajstić information content (AvgIpc) is 3.49. The number of aliphatic hydroxyl groups is 1. The van der Waals surface area contributed by atoms with Crippen molar-refractivity contribution >= 4 is 34.9 Å². The van der Waals surface area contributed by atoms with Crippen LogP contribution >= 0.6 is 23.2 Å². The highest BCUT2D eigenvalue weighted by molar-refractivity contribution is 6.30. The van der Waals surface area contributed by atoms with Crippen molar-refractivity contribution in [1.29, 1.82) is 0 Å². The van der Waals surface area contributed by atoms with Gasteiger partial charge < -0.3 is 9.84 Å². The summed E-state index contributed by atoms with van der Waals surface area (Å²) in [4.78, 5) is 23.7. The molecule has 50 heavy (non-hydrogen) atoms. The summed E-state index contributed by atoms with van der Waals surface area (Å²) in [6, 6.07) is 23.6. The van der Waals surface area contributed by atoms with Crippen molar-refractivity contribution in [2.75, 3.05) is 13.2 Å². The van der Waals surface area contributed by atoms with Gasteiger partial charge in [0.05, 0.1) is 29.9 Å². The number of amidine groups is 1. The summed E-state index contributed by atoms with van der Waals surface area (Å²) >= 11 is 12.5. The van der Waals surface area contributed by atoms with E-state index < -0.39 is 29.9 Å². The first-order valence-electron chi connectivity index (χ1n) is 16.7. The molecule has 6 nitrogen and oxygen atoms in total. The minimum absolute atomic E-state index is 0.0340. The molecule has 0 aliphatic carbocycles. The number of piperidine rings is 1. The summed E-state index contributed by atoms with van der Waals surface area (Å²) in [5.74, 6) is -0.232. The van der Waals surface area contributed by atoms with Crippen LogP contribution in [-0.2, 0) is 12.7 Å². The number of aliphatic imine (C=N–C) groups is 1. The Kier molecular flexibility index (Phi) is 10.9. The third kappa shape index (κ3) is 7.86. The molecule has 1 saturated heterocycles. The lowest BCUT2D eigenvalue weighted by atomic mass is 9.93. The van der Waals surface area contributed by atoms with Crippen molar-refractivity contribution in [3.05, 3.63) is 134 Å². The number of halogens is 5. The lowest BCUT2D eigenvalue weighted by Gasteiger charge is -2.34. The maximum absolute atomic E-state index is 14.8. The molecule has 2 aliphatic rings. The molecular weight excluding hydrogens is 686 g/mol. The monoisotopic (exact) mass is 723 g/mol. The zero-order valence-electron chi connectivity index (χ0n) is 27.7. The SMILES string of the molecule is CC(C)Oc1cc(C(F)(F)F)ccc1C1=NC(c2ccc(Cl)cc2)C(c2ccc(Cl)cc2)N1C(=O)c1ccc(CN2CCCCC2CO)cc1. The molecule has 4 aromatic carbocycles. The van der Waals surface area contributed by atoms with E-state index in [0.717, 1.165) is 54.6 Å². The number of likely N-dealkylation sites (tertiary alicyclic amines) is 1. The van der Waals surface area contributed by atoms with Crippen LogP contribution in [0.3, 0.4) is 0 Å². The number of hydrogen-bond acceptors (Lipinski definition) is 5. The molecule has 0 spiro atoms.